The van der Waals surface area contributed by atoms with Crippen molar-refractivity contribution in [1.29, 1.82) is 0 Å². The summed E-state index contributed by atoms with van der Waals surface area (Å²) in [7, 11) is 0. The number of nitrogens with two attached hydrogens (primary N) is 1. The van der Waals surface area contributed by atoms with E-state index < -0.39 is 23.5 Å². The Labute approximate surface area is 212 Å². The fraction of sp³-hybridized carbons (Fsp3) is 0.310. The Morgan fingerprint density at radius 1 is 0.944 bits per heavy atom. The predicted molar refractivity (Wildman–Crippen MR) is 140 cm³/mol. The first kappa shape index (κ1) is 26.6. The van der Waals surface area contributed by atoms with E-state index in [-0.39, 0.29) is 5.75 Å². The van der Waals surface area contributed by atoms with Crippen LogP contribution in [0.4, 0.5) is 5.69 Å². The summed E-state index contributed by atoms with van der Waals surface area (Å²) in [6.45, 7) is 5.69. The Balaban J connectivity index is 1.68. The highest BCUT2D eigenvalue weighted by molar-refractivity contribution is 5.97. The molecule has 36 heavy (non-hydrogen) atoms. The molecule has 0 saturated heterocycles. The van der Waals surface area contributed by atoms with Crippen molar-refractivity contribution in [2.75, 3.05) is 12.3 Å². The van der Waals surface area contributed by atoms with Gasteiger partial charge in [-0.25, -0.2) is 4.79 Å². The average Bonchev–Trinajstić information content (AvgIpc) is 2.82. The minimum Gasteiger partial charge on any atom is -0.508 e. The maximum absolute atomic E-state index is 13.1. The van der Waals surface area contributed by atoms with Crippen molar-refractivity contribution in [2.45, 2.75) is 51.7 Å². The van der Waals surface area contributed by atoms with E-state index >= 15 is 0 Å². The molecule has 4 N–H and O–H groups in total. The van der Waals surface area contributed by atoms with Gasteiger partial charge in [-0.15, -0.1) is 0 Å². The molecule has 0 radical (unpaired) electrons. The van der Waals surface area contributed by atoms with Gasteiger partial charge in [0.2, 0.25) is 0 Å². The van der Waals surface area contributed by atoms with Crippen molar-refractivity contribution < 1.29 is 24.2 Å². The van der Waals surface area contributed by atoms with Crippen molar-refractivity contribution in [3.63, 3.8) is 0 Å². The number of carbonyl (C=O) groups excluding carboxylic acids is 2. The predicted octanol–water partition coefficient (Wildman–Crippen LogP) is 4.67. The van der Waals surface area contributed by atoms with Crippen molar-refractivity contribution in [3.05, 3.63) is 89.5 Å². The molecule has 3 rings (SSSR count). The number of anilines is 1. The number of phenols is 1. The number of aryl methyl sites for hydroxylation is 1. The topological polar surface area (TPSA) is 111 Å². The van der Waals surface area contributed by atoms with Crippen LogP contribution >= 0.6 is 0 Å². The van der Waals surface area contributed by atoms with Crippen LogP contribution in [0, 0.1) is 0 Å². The van der Waals surface area contributed by atoms with Gasteiger partial charge in [0.05, 0.1) is 12.3 Å². The third-order valence-electron chi connectivity index (χ3n) is 5.40. The van der Waals surface area contributed by atoms with E-state index in [2.05, 4.69) is 5.32 Å². The Morgan fingerprint density at radius 3 is 2.36 bits per heavy atom. The van der Waals surface area contributed by atoms with Crippen LogP contribution in [0.3, 0.4) is 0 Å². The number of nitrogen functional groups attached to an aromatic ring is 1. The van der Waals surface area contributed by atoms with Gasteiger partial charge in [-0.05, 0) is 75.1 Å². The number of phenolic OH excluding ortho intramolecular Hbond substituents is 1. The molecule has 0 aliphatic carbocycles. The molecule has 0 heterocycles. The number of ether oxygens (including phenoxy) is 2. The van der Waals surface area contributed by atoms with Gasteiger partial charge in [0.1, 0.15) is 23.1 Å². The van der Waals surface area contributed by atoms with Gasteiger partial charge >= 0.3 is 5.97 Å². The SMILES string of the molecule is CC(C)(C)OC(=O)[C@H](CCc1ccccc1)NC(=O)c1ccc(N)c(OCCc2cccc(O)c2)c1. The van der Waals surface area contributed by atoms with Gasteiger partial charge < -0.3 is 25.6 Å². The number of rotatable bonds is 10. The van der Waals surface area contributed by atoms with Gasteiger partial charge in [-0.1, -0.05) is 42.5 Å². The van der Waals surface area contributed by atoms with E-state index in [4.69, 9.17) is 15.2 Å². The molecule has 3 aromatic rings. The van der Waals surface area contributed by atoms with Crippen LogP contribution < -0.4 is 15.8 Å². The summed E-state index contributed by atoms with van der Waals surface area (Å²) in [6.07, 6.45) is 1.56. The molecule has 1 atom stereocenters. The van der Waals surface area contributed by atoms with Crippen LogP contribution in [0.25, 0.3) is 0 Å². The van der Waals surface area contributed by atoms with Gasteiger partial charge in [-0.3, -0.25) is 4.79 Å². The lowest BCUT2D eigenvalue weighted by atomic mass is 10.0. The molecule has 0 aromatic heterocycles. The summed E-state index contributed by atoms with van der Waals surface area (Å²) in [5.74, 6) is -0.333. The Kier molecular flexibility index (Phi) is 8.95. The zero-order valence-corrected chi connectivity index (χ0v) is 21.0. The Bertz CT molecular complexity index is 1170. The third-order valence-corrected chi connectivity index (χ3v) is 5.40. The fourth-order valence-electron chi connectivity index (χ4n) is 3.61. The smallest absolute Gasteiger partial charge is 0.329 e. The van der Waals surface area contributed by atoms with E-state index in [1.807, 2.05) is 36.4 Å². The molecule has 0 saturated carbocycles. The average molecular weight is 491 g/mol. The number of aromatic hydroxyl groups is 1. The maximum atomic E-state index is 13.1. The number of esters is 1. The summed E-state index contributed by atoms with van der Waals surface area (Å²) < 4.78 is 11.4. The highest BCUT2D eigenvalue weighted by atomic mass is 16.6. The minimum atomic E-state index is -0.815. The van der Waals surface area contributed by atoms with Crippen molar-refractivity contribution in [1.82, 2.24) is 5.32 Å². The van der Waals surface area contributed by atoms with Crippen molar-refractivity contribution in [3.8, 4) is 11.5 Å². The minimum absolute atomic E-state index is 0.192. The van der Waals surface area contributed by atoms with Gasteiger partial charge in [0.25, 0.3) is 5.91 Å². The molecule has 190 valence electrons. The second kappa shape index (κ2) is 12.1. The molecule has 7 heteroatoms. The van der Waals surface area contributed by atoms with E-state index in [9.17, 15) is 14.7 Å². The lowest BCUT2D eigenvalue weighted by Gasteiger charge is -2.25. The van der Waals surface area contributed by atoms with Crippen molar-refractivity contribution >= 4 is 17.6 Å². The molecule has 0 fully saturated rings. The monoisotopic (exact) mass is 490 g/mol. The number of carbonyl (C=O) groups is 2. The number of hydrogen-bond donors (Lipinski definition) is 3. The first-order chi connectivity index (χ1) is 17.1. The highest BCUT2D eigenvalue weighted by Gasteiger charge is 2.27. The molecule has 0 unspecified atom stereocenters. The molecule has 7 nitrogen and oxygen atoms in total. The lowest BCUT2D eigenvalue weighted by molar-refractivity contribution is -0.157. The molecular weight excluding hydrogens is 456 g/mol. The van der Waals surface area contributed by atoms with Crippen LogP contribution in [-0.2, 0) is 22.4 Å². The highest BCUT2D eigenvalue weighted by Crippen LogP contribution is 2.24. The summed E-state index contributed by atoms with van der Waals surface area (Å²) in [5.41, 5.74) is 8.08. The standard InChI is InChI=1S/C29H34N2O5/c1-29(2,3)36-28(34)25(15-12-20-8-5-4-6-9-20)31-27(33)22-13-14-24(30)26(19-22)35-17-16-21-10-7-11-23(32)18-21/h4-11,13-14,18-19,25,32H,12,15-17,30H2,1-3H3,(H,31,33)/t25-/m0/s1. The molecule has 0 aliphatic heterocycles. The van der Waals surface area contributed by atoms with Crippen LogP contribution in [-0.4, -0.2) is 35.2 Å². The van der Waals surface area contributed by atoms with Gasteiger partial charge in [0.15, 0.2) is 0 Å². The van der Waals surface area contributed by atoms with E-state index in [0.717, 1.165) is 11.1 Å². The Morgan fingerprint density at radius 2 is 1.67 bits per heavy atom. The molecule has 0 aliphatic rings. The van der Waals surface area contributed by atoms with Crippen LogP contribution in [0.15, 0.2) is 72.8 Å². The number of benzene rings is 3. The summed E-state index contributed by atoms with van der Waals surface area (Å²) >= 11 is 0. The fourth-order valence-corrected chi connectivity index (χ4v) is 3.61. The van der Waals surface area contributed by atoms with E-state index in [1.165, 1.54) is 0 Å². The number of amides is 1. The first-order valence-electron chi connectivity index (χ1n) is 12.0. The molecular formula is C29H34N2O5. The molecule has 1 amide bonds. The molecule has 0 spiro atoms. The summed E-state index contributed by atoms with van der Waals surface area (Å²) in [5, 5.41) is 12.4. The summed E-state index contributed by atoms with van der Waals surface area (Å²) in [4.78, 5) is 26.0. The molecule has 3 aromatic carbocycles. The van der Waals surface area contributed by atoms with Gasteiger partial charge in [0, 0.05) is 12.0 Å². The maximum Gasteiger partial charge on any atom is 0.329 e. The largest absolute Gasteiger partial charge is 0.508 e. The van der Waals surface area contributed by atoms with Crippen LogP contribution in [0.2, 0.25) is 0 Å². The normalized spacial score (nSPS) is 12.0. The van der Waals surface area contributed by atoms with Crippen molar-refractivity contribution in [2.24, 2.45) is 0 Å². The zero-order chi connectivity index (χ0) is 26.1. The quantitative estimate of drug-likeness (QED) is 0.281. The second-order valence-electron chi connectivity index (χ2n) is 9.60. The first-order valence-corrected chi connectivity index (χ1v) is 12.0. The lowest BCUT2D eigenvalue weighted by Crippen LogP contribution is -2.44. The van der Waals surface area contributed by atoms with E-state index in [0.29, 0.717) is 42.9 Å². The third kappa shape index (κ3) is 8.34. The zero-order valence-electron chi connectivity index (χ0n) is 21.0. The Hall–Kier alpha value is -4.00. The van der Waals surface area contributed by atoms with Crippen LogP contribution in [0.1, 0.15) is 48.7 Å². The summed E-state index contributed by atoms with van der Waals surface area (Å²) in [6, 6.07) is 20.6. The van der Waals surface area contributed by atoms with E-state index in [1.54, 1.807) is 57.2 Å². The van der Waals surface area contributed by atoms with Crippen LogP contribution in [0.5, 0.6) is 11.5 Å². The second-order valence-corrected chi connectivity index (χ2v) is 9.60. The number of nitrogens with one attached hydrogen (secondary N) is 1. The van der Waals surface area contributed by atoms with Gasteiger partial charge in [-0.2, -0.15) is 0 Å². The number of hydrogen-bond acceptors (Lipinski definition) is 6. The molecule has 0 bridgehead atoms.